The molecule has 1 saturated heterocycles. The van der Waals surface area contributed by atoms with Crippen LogP contribution in [0.3, 0.4) is 0 Å². The largest absolute Gasteiger partial charge is 0.392 e. The van der Waals surface area contributed by atoms with E-state index in [1.807, 2.05) is 0 Å². The summed E-state index contributed by atoms with van der Waals surface area (Å²) in [6.45, 7) is 7.91. The number of aliphatic hydroxyl groups is 3. The van der Waals surface area contributed by atoms with Crippen molar-refractivity contribution < 1.29 is 20.1 Å². The first-order valence-corrected chi connectivity index (χ1v) is 6.94. The Morgan fingerprint density at radius 1 is 1.47 bits per heavy atom. The molecule has 1 heterocycles. The molecule has 2 aliphatic carbocycles. The van der Waals surface area contributed by atoms with Gasteiger partial charge in [0, 0.05) is 5.41 Å². The fourth-order valence-electron chi connectivity index (χ4n) is 4.06. The van der Waals surface area contributed by atoms with Crippen LogP contribution in [0.2, 0.25) is 0 Å². The summed E-state index contributed by atoms with van der Waals surface area (Å²) in [4.78, 5) is 0. The van der Waals surface area contributed by atoms with Crippen LogP contribution >= 0.6 is 0 Å². The molecular weight excluding hydrogens is 244 g/mol. The molecule has 3 rings (SSSR count). The van der Waals surface area contributed by atoms with Crippen LogP contribution in [0.5, 0.6) is 0 Å². The number of epoxide rings is 1. The number of fused-ring (bicyclic) bond motifs is 3. The first-order valence-electron chi connectivity index (χ1n) is 6.94. The van der Waals surface area contributed by atoms with Gasteiger partial charge in [0.2, 0.25) is 0 Å². The van der Waals surface area contributed by atoms with Crippen LogP contribution in [0, 0.1) is 11.3 Å². The predicted molar refractivity (Wildman–Crippen MR) is 70.4 cm³/mol. The van der Waals surface area contributed by atoms with Crippen LogP contribution < -0.4 is 0 Å². The molecule has 4 heteroatoms. The van der Waals surface area contributed by atoms with Crippen LogP contribution in [-0.2, 0) is 4.74 Å². The molecule has 0 aromatic rings. The lowest BCUT2D eigenvalue weighted by Gasteiger charge is -2.47. The first kappa shape index (κ1) is 13.3. The number of hydrogen-bond donors (Lipinski definition) is 3. The maximum Gasteiger partial charge on any atom is 0.148 e. The van der Waals surface area contributed by atoms with Gasteiger partial charge in [-0.15, -0.1) is 0 Å². The van der Waals surface area contributed by atoms with E-state index in [-0.39, 0.29) is 18.1 Å². The molecule has 4 nitrogen and oxygen atoms in total. The van der Waals surface area contributed by atoms with Gasteiger partial charge >= 0.3 is 0 Å². The number of aliphatic hydroxyl groups excluding tert-OH is 3. The van der Waals surface area contributed by atoms with Gasteiger partial charge in [0.1, 0.15) is 17.8 Å². The fourth-order valence-corrected chi connectivity index (χ4v) is 4.06. The average molecular weight is 266 g/mol. The SMILES string of the molecule is C=C(CO)C12OC1C1(C)C(=CC2O)C(O)CCC1C. The number of ether oxygens (including phenoxy) is 1. The van der Waals surface area contributed by atoms with Gasteiger partial charge in [0.15, 0.2) is 0 Å². The van der Waals surface area contributed by atoms with E-state index < -0.39 is 17.8 Å². The normalized spacial score (nSPS) is 51.9. The van der Waals surface area contributed by atoms with Crippen LogP contribution in [0.1, 0.15) is 26.7 Å². The molecule has 2 fully saturated rings. The Hall–Kier alpha value is -0.680. The smallest absolute Gasteiger partial charge is 0.148 e. The minimum absolute atomic E-state index is 0.191. The van der Waals surface area contributed by atoms with Crippen LogP contribution in [0.4, 0.5) is 0 Å². The van der Waals surface area contributed by atoms with Crippen molar-refractivity contribution in [1.82, 2.24) is 0 Å². The average Bonchev–Trinajstić information content (AvgIpc) is 3.15. The lowest BCUT2D eigenvalue weighted by Crippen LogP contribution is -2.51. The van der Waals surface area contributed by atoms with E-state index in [1.165, 1.54) is 0 Å². The van der Waals surface area contributed by atoms with Crippen LogP contribution in [0.15, 0.2) is 23.8 Å². The second-order valence-electron chi connectivity index (χ2n) is 6.40. The molecule has 0 bridgehead atoms. The van der Waals surface area contributed by atoms with Gasteiger partial charge < -0.3 is 20.1 Å². The Bertz CT molecular complexity index is 457. The topological polar surface area (TPSA) is 73.2 Å². The van der Waals surface area contributed by atoms with Gasteiger partial charge in [-0.05, 0) is 29.9 Å². The molecule has 1 saturated carbocycles. The highest BCUT2D eigenvalue weighted by Gasteiger charge is 2.73. The summed E-state index contributed by atoms with van der Waals surface area (Å²) < 4.78 is 5.85. The Morgan fingerprint density at radius 3 is 2.79 bits per heavy atom. The summed E-state index contributed by atoms with van der Waals surface area (Å²) in [6.07, 6.45) is 1.87. The summed E-state index contributed by atoms with van der Waals surface area (Å²) in [5.74, 6) is 0.369. The Kier molecular flexibility index (Phi) is 2.74. The molecule has 6 atom stereocenters. The summed E-state index contributed by atoms with van der Waals surface area (Å²) in [5.41, 5.74) is 0.282. The molecule has 19 heavy (non-hydrogen) atoms. The van der Waals surface area contributed by atoms with Gasteiger partial charge in [-0.3, -0.25) is 0 Å². The van der Waals surface area contributed by atoms with Crippen LogP contribution in [-0.4, -0.2) is 45.8 Å². The summed E-state index contributed by atoms with van der Waals surface area (Å²) >= 11 is 0. The fraction of sp³-hybridized carbons (Fsp3) is 0.733. The van der Waals surface area contributed by atoms with Gasteiger partial charge in [0.25, 0.3) is 0 Å². The van der Waals surface area contributed by atoms with Crippen molar-refractivity contribution in [2.24, 2.45) is 11.3 Å². The maximum atomic E-state index is 10.3. The predicted octanol–water partition coefficient (Wildman–Crippen LogP) is 0.770. The molecule has 0 spiro atoms. The zero-order valence-corrected chi connectivity index (χ0v) is 11.5. The third-order valence-corrected chi connectivity index (χ3v) is 5.59. The van der Waals surface area contributed by atoms with Gasteiger partial charge in [-0.2, -0.15) is 0 Å². The van der Waals surface area contributed by atoms with Gasteiger partial charge in [0.05, 0.1) is 12.7 Å². The molecule has 0 aromatic heterocycles. The van der Waals surface area contributed by atoms with Gasteiger partial charge in [-0.25, -0.2) is 0 Å². The molecule has 1 aliphatic heterocycles. The zero-order valence-electron chi connectivity index (χ0n) is 11.5. The molecule has 6 unspecified atom stereocenters. The number of rotatable bonds is 2. The summed E-state index contributed by atoms with van der Waals surface area (Å²) in [7, 11) is 0. The highest BCUT2D eigenvalue weighted by Crippen LogP contribution is 2.64. The van der Waals surface area contributed by atoms with E-state index in [1.54, 1.807) is 6.08 Å². The quantitative estimate of drug-likeness (QED) is 0.510. The lowest BCUT2D eigenvalue weighted by atomic mass is 9.56. The van der Waals surface area contributed by atoms with Gasteiger partial charge in [-0.1, -0.05) is 26.5 Å². The van der Waals surface area contributed by atoms with E-state index in [4.69, 9.17) is 4.74 Å². The molecule has 3 aliphatic rings. The Labute approximate surface area is 113 Å². The van der Waals surface area contributed by atoms with E-state index in [0.717, 1.165) is 18.4 Å². The standard InChI is InChI=1S/C15H22O4/c1-8-4-5-11(17)10-6-12(18)15(9(2)7-16)13(19-15)14(8,10)3/h6,8,11-13,16-18H,2,4-5,7H2,1,3H3. The van der Waals surface area contributed by atoms with E-state index in [9.17, 15) is 15.3 Å². The monoisotopic (exact) mass is 266 g/mol. The van der Waals surface area contributed by atoms with Crippen molar-refractivity contribution >= 4 is 0 Å². The molecule has 0 aromatic carbocycles. The lowest BCUT2D eigenvalue weighted by molar-refractivity contribution is 0.0582. The Morgan fingerprint density at radius 2 is 2.16 bits per heavy atom. The molecule has 3 N–H and O–H groups in total. The molecule has 0 radical (unpaired) electrons. The maximum absolute atomic E-state index is 10.3. The Balaban J connectivity index is 2.07. The number of hydrogen-bond acceptors (Lipinski definition) is 4. The van der Waals surface area contributed by atoms with Crippen molar-refractivity contribution in [2.75, 3.05) is 6.61 Å². The zero-order chi connectivity index (χ0) is 14.0. The van der Waals surface area contributed by atoms with E-state index in [0.29, 0.717) is 11.5 Å². The summed E-state index contributed by atoms with van der Waals surface area (Å²) in [6, 6.07) is 0. The minimum Gasteiger partial charge on any atom is -0.392 e. The third kappa shape index (κ3) is 1.43. The second kappa shape index (κ2) is 3.92. The van der Waals surface area contributed by atoms with Crippen molar-refractivity contribution in [3.05, 3.63) is 23.8 Å². The third-order valence-electron chi connectivity index (χ3n) is 5.59. The van der Waals surface area contributed by atoms with E-state index in [2.05, 4.69) is 20.4 Å². The highest BCUT2D eigenvalue weighted by molar-refractivity contribution is 5.44. The second-order valence-corrected chi connectivity index (χ2v) is 6.40. The first-order chi connectivity index (χ1) is 8.88. The molecular formula is C15H22O4. The molecule has 0 amide bonds. The van der Waals surface area contributed by atoms with Crippen molar-refractivity contribution in [2.45, 2.75) is 50.6 Å². The minimum atomic E-state index is -0.849. The van der Waals surface area contributed by atoms with E-state index >= 15 is 0 Å². The van der Waals surface area contributed by atoms with Crippen molar-refractivity contribution in [1.29, 1.82) is 0 Å². The van der Waals surface area contributed by atoms with Crippen LogP contribution in [0.25, 0.3) is 0 Å². The van der Waals surface area contributed by atoms with Crippen molar-refractivity contribution in [3.8, 4) is 0 Å². The summed E-state index contributed by atoms with van der Waals surface area (Å²) in [5, 5.41) is 29.9. The molecule has 106 valence electrons. The van der Waals surface area contributed by atoms with Crippen molar-refractivity contribution in [3.63, 3.8) is 0 Å². The highest BCUT2D eigenvalue weighted by atomic mass is 16.6.